The van der Waals surface area contributed by atoms with E-state index in [1.165, 1.54) is 0 Å². The van der Waals surface area contributed by atoms with Crippen LogP contribution in [-0.2, 0) is 17.7 Å². The Labute approximate surface area is 110 Å². The van der Waals surface area contributed by atoms with Crippen molar-refractivity contribution in [1.29, 1.82) is 0 Å². The molecule has 0 fully saturated rings. The molecule has 0 radical (unpaired) electrons. The fourth-order valence-corrected chi connectivity index (χ4v) is 1.89. The summed E-state index contributed by atoms with van der Waals surface area (Å²) in [6.45, 7) is 4.46. The fraction of sp³-hybridized carbons (Fsp3) is 0.643. The van der Waals surface area contributed by atoms with Crippen LogP contribution in [0.4, 0.5) is 5.82 Å². The molecule has 0 aliphatic carbocycles. The van der Waals surface area contributed by atoms with Crippen molar-refractivity contribution in [3.05, 3.63) is 23.4 Å². The molecule has 0 atom stereocenters. The molecule has 0 saturated carbocycles. The molecule has 2 N–H and O–H groups in total. The Bertz CT molecular complexity index is 355. The van der Waals surface area contributed by atoms with E-state index in [1.54, 1.807) is 7.11 Å². The van der Waals surface area contributed by atoms with Crippen LogP contribution in [0.3, 0.4) is 0 Å². The van der Waals surface area contributed by atoms with Gasteiger partial charge < -0.3 is 15.4 Å². The highest BCUT2D eigenvalue weighted by Crippen LogP contribution is 2.15. The van der Waals surface area contributed by atoms with Gasteiger partial charge in [-0.15, -0.1) is 0 Å². The third kappa shape index (κ3) is 4.63. The largest absolute Gasteiger partial charge is 0.385 e. The molecule has 1 heterocycles. The number of anilines is 1. The Morgan fingerprint density at radius 2 is 2.17 bits per heavy atom. The van der Waals surface area contributed by atoms with Gasteiger partial charge in [-0.05, 0) is 30.5 Å². The first kappa shape index (κ1) is 14.9. The molecule has 0 aromatic carbocycles. The van der Waals surface area contributed by atoms with Crippen molar-refractivity contribution >= 4 is 5.82 Å². The van der Waals surface area contributed by atoms with Crippen LogP contribution in [0.1, 0.15) is 31.0 Å². The molecule has 0 amide bonds. The average molecular weight is 251 g/mol. The highest BCUT2D eigenvalue weighted by atomic mass is 16.5. The summed E-state index contributed by atoms with van der Waals surface area (Å²) in [7, 11) is 3.79. The summed E-state index contributed by atoms with van der Waals surface area (Å²) in [5, 5.41) is 0. The molecule has 0 spiro atoms. The molecule has 0 bridgehead atoms. The lowest BCUT2D eigenvalue weighted by molar-refractivity contribution is 0.196. The molecular weight excluding hydrogens is 226 g/mol. The minimum Gasteiger partial charge on any atom is -0.385 e. The monoisotopic (exact) mass is 251 g/mol. The zero-order valence-electron chi connectivity index (χ0n) is 11.8. The highest BCUT2D eigenvalue weighted by molar-refractivity contribution is 5.42. The summed E-state index contributed by atoms with van der Waals surface area (Å²) in [5.74, 6) is 1.01. The van der Waals surface area contributed by atoms with Crippen molar-refractivity contribution in [2.75, 3.05) is 32.2 Å². The van der Waals surface area contributed by atoms with E-state index in [0.29, 0.717) is 6.54 Å². The summed E-state index contributed by atoms with van der Waals surface area (Å²) < 4.78 is 5.07. The highest BCUT2D eigenvalue weighted by Gasteiger charge is 2.06. The van der Waals surface area contributed by atoms with E-state index in [2.05, 4.69) is 36.0 Å². The first-order valence-corrected chi connectivity index (χ1v) is 6.61. The first-order valence-electron chi connectivity index (χ1n) is 6.61. The van der Waals surface area contributed by atoms with E-state index in [1.807, 2.05) is 0 Å². The Kier molecular flexibility index (Phi) is 6.68. The molecular formula is C14H25N3O. The quantitative estimate of drug-likeness (QED) is 0.718. The number of methoxy groups -OCH3 is 1. The Balaban J connectivity index is 2.75. The number of ether oxygens (including phenoxy) is 1. The lowest BCUT2D eigenvalue weighted by atomic mass is 10.1. The van der Waals surface area contributed by atoms with Gasteiger partial charge >= 0.3 is 0 Å². The summed E-state index contributed by atoms with van der Waals surface area (Å²) in [5.41, 5.74) is 8.03. The Morgan fingerprint density at radius 1 is 1.39 bits per heavy atom. The molecule has 4 heteroatoms. The maximum Gasteiger partial charge on any atom is 0.128 e. The van der Waals surface area contributed by atoms with E-state index >= 15 is 0 Å². The maximum atomic E-state index is 5.74. The van der Waals surface area contributed by atoms with Crippen molar-refractivity contribution in [2.24, 2.45) is 5.73 Å². The van der Waals surface area contributed by atoms with Gasteiger partial charge in [0.25, 0.3) is 0 Å². The molecule has 0 aliphatic heterocycles. The minimum absolute atomic E-state index is 0.568. The second kappa shape index (κ2) is 8.06. The molecule has 0 unspecified atom stereocenters. The number of rotatable bonds is 8. The number of hydrogen-bond donors (Lipinski definition) is 1. The van der Waals surface area contributed by atoms with Gasteiger partial charge in [0, 0.05) is 39.5 Å². The van der Waals surface area contributed by atoms with Crippen LogP contribution in [0.15, 0.2) is 12.1 Å². The third-order valence-electron chi connectivity index (χ3n) is 2.90. The van der Waals surface area contributed by atoms with Gasteiger partial charge in [-0.1, -0.05) is 13.3 Å². The lowest BCUT2D eigenvalue weighted by Crippen LogP contribution is -2.21. The first-order chi connectivity index (χ1) is 8.71. The molecule has 18 heavy (non-hydrogen) atoms. The normalized spacial score (nSPS) is 10.7. The number of nitrogens with two attached hydrogens (primary N) is 1. The molecule has 1 rings (SSSR count). The molecule has 0 aliphatic rings. The van der Waals surface area contributed by atoms with E-state index < -0.39 is 0 Å². The fourth-order valence-electron chi connectivity index (χ4n) is 1.89. The molecule has 0 saturated heterocycles. The average Bonchev–Trinajstić information content (AvgIpc) is 2.39. The predicted molar refractivity (Wildman–Crippen MR) is 75.9 cm³/mol. The van der Waals surface area contributed by atoms with Crippen LogP contribution in [0.2, 0.25) is 0 Å². The SMILES string of the molecule is CCCc1cc(CN)cc(N(C)CCCOC)n1. The second-order valence-electron chi connectivity index (χ2n) is 4.55. The molecule has 4 nitrogen and oxygen atoms in total. The van der Waals surface area contributed by atoms with Crippen molar-refractivity contribution in [1.82, 2.24) is 4.98 Å². The standard InChI is InChI=1S/C14H25N3O/c1-4-6-13-9-12(11-15)10-14(16-13)17(2)7-5-8-18-3/h9-10H,4-8,11,15H2,1-3H3. The van der Waals surface area contributed by atoms with Gasteiger partial charge in [0.2, 0.25) is 0 Å². The van der Waals surface area contributed by atoms with Crippen molar-refractivity contribution in [3.8, 4) is 0 Å². The third-order valence-corrected chi connectivity index (χ3v) is 2.90. The molecule has 102 valence electrons. The van der Waals surface area contributed by atoms with Gasteiger partial charge in [0.15, 0.2) is 0 Å². The molecule has 1 aromatic heterocycles. The van der Waals surface area contributed by atoms with E-state index in [4.69, 9.17) is 10.5 Å². The van der Waals surface area contributed by atoms with Gasteiger partial charge in [-0.2, -0.15) is 0 Å². The number of nitrogens with zero attached hydrogens (tertiary/aromatic N) is 2. The summed E-state index contributed by atoms with van der Waals surface area (Å²) in [6, 6.07) is 4.18. The van der Waals surface area contributed by atoms with Crippen molar-refractivity contribution in [3.63, 3.8) is 0 Å². The topological polar surface area (TPSA) is 51.4 Å². The van der Waals surface area contributed by atoms with Crippen LogP contribution in [0, 0.1) is 0 Å². The summed E-state index contributed by atoms with van der Waals surface area (Å²) in [4.78, 5) is 6.84. The van der Waals surface area contributed by atoms with Crippen LogP contribution in [0.25, 0.3) is 0 Å². The van der Waals surface area contributed by atoms with Crippen molar-refractivity contribution in [2.45, 2.75) is 32.7 Å². The Hall–Kier alpha value is -1.13. The summed E-state index contributed by atoms with van der Waals surface area (Å²) >= 11 is 0. The predicted octanol–water partition coefficient (Wildman–Crippen LogP) is 1.97. The summed E-state index contributed by atoms with van der Waals surface area (Å²) in [6.07, 6.45) is 3.12. The van der Waals surface area contributed by atoms with Crippen LogP contribution in [0.5, 0.6) is 0 Å². The van der Waals surface area contributed by atoms with Gasteiger partial charge in [-0.25, -0.2) is 4.98 Å². The number of pyridine rings is 1. The van der Waals surface area contributed by atoms with Crippen LogP contribution in [-0.4, -0.2) is 32.3 Å². The Morgan fingerprint density at radius 3 is 2.78 bits per heavy atom. The van der Waals surface area contributed by atoms with E-state index in [0.717, 1.165) is 49.5 Å². The minimum atomic E-state index is 0.568. The number of hydrogen-bond acceptors (Lipinski definition) is 4. The van der Waals surface area contributed by atoms with Crippen LogP contribution < -0.4 is 10.6 Å². The number of aromatic nitrogens is 1. The van der Waals surface area contributed by atoms with Gasteiger partial charge in [-0.3, -0.25) is 0 Å². The van der Waals surface area contributed by atoms with Crippen LogP contribution >= 0.6 is 0 Å². The zero-order valence-corrected chi connectivity index (χ0v) is 11.8. The zero-order chi connectivity index (χ0) is 13.4. The van der Waals surface area contributed by atoms with Gasteiger partial charge in [0.05, 0.1) is 0 Å². The number of aryl methyl sites for hydroxylation is 1. The second-order valence-corrected chi connectivity index (χ2v) is 4.55. The van der Waals surface area contributed by atoms with E-state index in [9.17, 15) is 0 Å². The van der Waals surface area contributed by atoms with E-state index in [-0.39, 0.29) is 0 Å². The van der Waals surface area contributed by atoms with Gasteiger partial charge in [0.1, 0.15) is 5.82 Å². The lowest BCUT2D eigenvalue weighted by Gasteiger charge is -2.19. The molecule has 1 aromatic rings. The smallest absolute Gasteiger partial charge is 0.128 e. The maximum absolute atomic E-state index is 5.74. The van der Waals surface area contributed by atoms with Crippen molar-refractivity contribution < 1.29 is 4.74 Å².